The first-order valence-electron chi connectivity index (χ1n) is 11.3. The molecule has 3 aromatic rings. The minimum Gasteiger partial charge on any atom is -0.479 e. The third kappa shape index (κ3) is 5.85. The van der Waals surface area contributed by atoms with Crippen LogP contribution in [0.2, 0.25) is 0 Å². The van der Waals surface area contributed by atoms with E-state index in [1.54, 1.807) is 24.3 Å². The molecule has 0 radical (unpaired) electrons. The maximum Gasteiger partial charge on any atom is 0.411 e. The smallest absolute Gasteiger partial charge is 0.411 e. The van der Waals surface area contributed by atoms with E-state index in [1.807, 2.05) is 24.3 Å². The second-order valence-corrected chi connectivity index (χ2v) is 8.32. The molecule has 1 aliphatic rings. The maximum absolute atomic E-state index is 12.4. The lowest BCUT2D eigenvalue weighted by atomic mass is 9.98. The van der Waals surface area contributed by atoms with Crippen molar-refractivity contribution < 1.29 is 29.3 Å². The second kappa shape index (κ2) is 10.8. The molecule has 0 aromatic heterocycles. The average molecular weight is 475 g/mol. The Labute approximate surface area is 202 Å². The van der Waals surface area contributed by atoms with Crippen LogP contribution >= 0.6 is 0 Å². The van der Waals surface area contributed by atoms with Crippen molar-refractivity contribution in [1.29, 1.82) is 0 Å². The third-order valence-corrected chi connectivity index (χ3v) is 5.93. The Kier molecular flexibility index (Phi) is 7.42. The number of carbonyl (C=O) groups is 3. The van der Waals surface area contributed by atoms with Gasteiger partial charge >= 0.3 is 12.1 Å². The molecule has 4 N–H and O–H groups in total. The molecule has 0 saturated heterocycles. The molecule has 0 aliphatic heterocycles. The van der Waals surface area contributed by atoms with Crippen LogP contribution in [0, 0.1) is 0 Å². The molecule has 1 aliphatic carbocycles. The van der Waals surface area contributed by atoms with Gasteiger partial charge in [0.05, 0.1) is 6.42 Å². The zero-order valence-corrected chi connectivity index (χ0v) is 18.9. The minimum atomic E-state index is -1.50. The van der Waals surface area contributed by atoms with Gasteiger partial charge < -0.3 is 20.3 Å². The van der Waals surface area contributed by atoms with Crippen LogP contribution in [-0.2, 0) is 20.7 Å². The van der Waals surface area contributed by atoms with Gasteiger partial charge in [0.25, 0.3) is 0 Å². The van der Waals surface area contributed by atoms with Crippen LogP contribution in [0.1, 0.15) is 29.0 Å². The Morgan fingerprint density at radius 2 is 1.49 bits per heavy atom. The summed E-state index contributed by atoms with van der Waals surface area (Å²) >= 11 is 0. The van der Waals surface area contributed by atoms with Crippen LogP contribution in [0.3, 0.4) is 0 Å². The summed E-state index contributed by atoms with van der Waals surface area (Å²) in [5.74, 6) is -1.63. The molecule has 4 rings (SSSR count). The Morgan fingerprint density at radius 1 is 0.886 bits per heavy atom. The quantitative estimate of drug-likeness (QED) is 0.376. The summed E-state index contributed by atoms with van der Waals surface area (Å²) in [4.78, 5) is 35.0. The number of aliphatic carboxylic acids is 1. The molecule has 1 unspecified atom stereocenters. The van der Waals surface area contributed by atoms with E-state index in [1.165, 1.54) is 0 Å². The number of ether oxygens (including phenoxy) is 1. The summed E-state index contributed by atoms with van der Waals surface area (Å²) in [5.41, 5.74) is 5.86. The van der Waals surface area contributed by atoms with Crippen LogP contribution in [0.25, 0.3) is 11.1 Å². The van der Waals surface area contributed by atoms with Gasteiger partial charge in [-0.15, -0.1) is 0 Å². The number of carboxylic acids is 1. The van der Waals surface area contributed by atoms with Crippen molar-refractivity contribution in [2.75, 3.05) is 18.5 Å². The molecule has 0 heterocycles. The van der Waals surface area contributed by atoms with Crippen molar-refractivity contribution in [3.63, 3.8) is 0 Å². The number of carboxylic acid groups (broad SMARTS) is 1. The van der Waals surface area contributed by atoms with Gasteiger partial charge in [-0.3, -0.25) is 10.1 Å². The highest BCUT2D eigenvalue weighted by Crippen LogP contribution is 2.44. The summed E-state index contributed by atoms with van der Waals surface area (Å²) in [6.45, 7) is 0.280. The van der Waals surface area contributed by atoms with Gasteiger partial charge in [0.2, 0.25) is 5.91 Å². The average Bonchev–Trinajstić information content (AvgIpc) is 3.17. The number of benzene rings is 3. The molecule has 2 amide bonds. The molecule has 8 heteroatoms. The van der Waals surface area contributed by atoms with Crippen LogP contribution in [0.4, 0.5) is 10.5 Å². The summed E-state index contributed by atoms with van der Waals surface area (Å²) in [7, 11) is 0. The van der Waals surface area contributed by atoms with Crippen molar-refractivity contribution in [3.05, 3.63) is 89.5 Å². The number of amides is 2. The molecule has 1 atom stereocenters. The van der Waals surface area contributed by atoms with E-state index in [-0.39, 0.29) is 37.8 Å². The Morgan fingerprint density at radius 3 is 2.09 bits per heavy atom. The fraction of sp³-hybridized carbons (Fsp3) is 0.222. The van der Waals surface area contributed by atoms with E-state index in [0.29, 0.717) is 5.69 Å². The van der Waals surface area contributed by atoms with E-state index in [2.05, 4.69) is 34.9 Å². The molecule has 3 aromatic carbocycles. The number of carbonyl (C=O) groups excluding carboxylic acids is 2. The van der Waals surface area contributed by atoms with E-state index in [4.69, 9.17) is 9.84 Å². The molecule has 0 spiro atoms. The number of hydrogen-bond donors (Lipinski definition) is 4. The minimum absolute atomic E-state index is 0.0225. The van der Waals surface area contributed by atoms with E-state index >= 15 is 0 Å². The van der Waals surface area contributed by atoms with E-state index in [0.717, 1.165) is 27.8 Å². The Bertz CT molecular complexity index is 1180. The van der Waals surface area contributed by atoms with Crippen molar-refractivity contribution in [2.24, 2.45) is 0 Å². The Hall–Kier alpha value is -4.17. The third-order valence-electron chi connectivity index (χ3n) is 5.93. The largest absolute Gasteiger partial charge is 0.479 e. The maximum atomic E-state index is 12.4. The van der Waals surface area contributed by atoms with E-state index < -0.39 is 18.2 Å². The number of nitrogens with one attached hydrogen (secondary N) is 2. The van der Waals surface area contributed by atoms with Gasteiger partial charge in [-0.05, 0) is 39.9 Å². The molecule has 0 bridgehead atoms. The van der Waals surface area contributed by atoms with Crippen LogP contribution < -0.4 is 10.6 Å². The van der Waals surface area contributed by atoms with Crippen LogP contribution in [0.5, 0.6) is 0 Å². The standard InChI is InChI=1S/C27H26N2O6/c30-24(26(32)33)13-14-28-25(31)15-17-9-11-18(12-10-17)29-27(34)35-16-23-21-7-3-1-5-19(21)20-6-2-4-8-22(20)23/h1-12,23-24,30H,13-16H2,(H,28,31)(H,29,34)(H,32,33). The van der Waals surface area contributed by atoms with Gasteiger partial charge in [0, 0.05) is 24.6 Å². The Balaban J connectivity index is 1.26. The predicted octanol–water partition coefficient (Wildman–Crippen LogP) is 3.54. The first-order valence-corrected chi connectivity index (χ1v) is 11.3. The van der Waals surface area contributed by atoms with Crippen LogP contribution in [0.15, 0.2) is 72.8 Å². The molecule has 35 heavy (non-hydrogen) atoms. The summed E-state index contributed by atoms with van der Waals surface area (Å²) in [5, 5.41) is 23.1. The lowest BCUT2D eigenvalue weighted by Crippen LogP contribution is -2.30. The summed E-state index contributed by atoms with van der Waals surface area (Å²) < 4.78 is 5.54. The van der Waals surface area contributed by atoms with Crippen molar-refractivity contribution >= 4 is 23.7 Å². The molecule has 8 nitrogen and oxygen atoms in total. The number of fused-ring (bicyclic) bond motifs is 3. The highest BCUT2D eigenvalue weighted by Gasteiger charge is 2.29. The van der Waals surface area contributed by atoms with Crippen molar-refractivity contribution in [2.45, 2.75) is 24.9 Å². The SMILES string of the molecule is O=C(Cc1ccc(NC(=O)OCC2c3ccccc3-c3ccccc32)cc1)NCCC(O)C(=O)O. The van der Waals surface area contributed by atoms with Gasteiger partial charge in [-0.1, -0.05) is 60.7 Å². The predicted molar refractivity (Wildman–Crippen MR) is 130 cm³/mol. The molecule has 0 fully saturated rings. The molecular weight excluding hydrogens is 448 g/mol. The summed E-state index contributed by atoms with van der Waals surface area (Å²) in [6, 6.07) is 23.0. The second-order valence-electron chi connectivity index (χ2n) is 8.32. The number of rotatable bonds is 9. The molecule has 180 valence electrons. The molecular formula is C27H26N2O6. The van der Waals surface area contributed by atoms with Crippen molar-refractivity contribution in [3.8, 4) is 11.1 Å². The first kappa shape index (κ1) is 24.0. The normalized spacial score (nSPS) is 12.8. The zero-order chi connectivity index (χ0) is 24.8. The number of aliphatic hydroxyl groups is 1. The number of anilines is 1. The van der Waals surface area contributed by atoms with Gasteiger partial charge in [-0.25, -0.2) is 9.59 Å². The highest BCUT2D eigenvalue weighted by molar-refractivity contribution is 5.85. The van der Waals surface area contributed by atoms with Crippen LogP contribution in [-0.4, -0.2) is 47.4 Å². The lowest BCUT2D eigenvalue weighted by Gasteiger charge is -2.14. The fourth-order valence-corrected chi connectivity index (χ4v) is 4.18. The highest BCUT2D eigenvalue weighted by atomic mass is 16.5. The van der Waals surface area contributed by atoms with Gasteiger partial charge in [0.15, 0.2) is 6.10 Å². The number of aliphatic hydroxyl groups excluding tert-OH is 1. The van der Waals surface area contributed by atoms with Crippen molar-refractivity contribution in [1.82, 2.24) is 5.32 Å². The zero-order valence-electron chi connectivity index (χ0n) is 18.9. The summed E-state index contributed by atoms with van der Waals surface area (Å²) in [6.07, 6.45) is -2.04. The monoisotopic (exact) mass is 474 g/mol. The first-order chi connectivity index (χ1) is 16.9. The van der Waals surface area contributed by atoms with Gasteiger partial charge in [0.1, 0.15) is 6.61 Å². The molecule has 0 saturated carbocycles. The van der Waals surface area contributed by atoms with Gasteiger partial charge in [-0.2, -0.15) is 0 Å². The fourth-order valence-electron chi connectivity index (χ4n) is 4.18. The topological polar surface area (TPSA) is 125 Å². The number of hydrogen-bond acceptors (Lipinski definition) is 5. The van der Waals surface area contributed by atoms with E-state index in [9.17, 15) is 19.5 Å². The lowest BCUT2D eigenvalue weighted by molar-refractivity contribution is -0.147.